The van der Waals surface area contributed by atoms with Crippen molar-refractivity contribution in [2.24, 2.45) is 0 Å². The molecule has 0 aliphatic rings. The van der Waals surface area contributed by atoms with E-state index >= 15 is 0 Å². The molecule has 2 aromatic carbocycles. The van der Waals surface area contributed by atoms with Gasteiger partial charge in [-0.15, -0.1) is 0 Å². The van der Waals surface area contributed by atoms with Crippen LogP contribution in [0.3, 0.4) is 0 Å². The number of carbonyl (C=O) groups is 2. The first-order valence-electron chi connectivity index (χ1n) is 10.1. The van der Waals surface area contributed by atoms with Crippen molar-refractivity contribution in [1.29, 1.82) is 5.26 Å². The normalized spacial score (nSPS) is 11.1. The van der Waals surface area contributed by atoms with E-state index in [-0.39, 0.29) is 30.1 Å². The summed E-state index contributed by atoms with van der Waals surface area (Å²) >= 11 is 0. The number of carbonyl (C=O) groups excluding carboxylic acids is 2. The van der Waals surface area contributed by atoms with Gasteiger partial charge in [-0.1, -0.05) is 24.3 Å². The zero-order chi connectivity index (χ0) is 22.9. The van der Waals surface area contributed by atoms with Crippen molar-refractivity contribution in [2.75, 3.05) is 11.9 Å². The van der Waals surface area contributed by atoms with Crippen LogP contribution in [0.25, 0.3) is 17.0 Å². The molecule has 0 saturated heterocycles. The molecule has 32 heavy (non-hydrogen) atoms. The fraction of sp³-hybridized carbons (Fsp3) is 0.208. The monoisotopic (exact) mass is 430 g/mol. The topological polar surface area (TPSA) is 114 Å². The number of nitrogens with zero attached hydrogens (tertiary/aromatic N) is 3. The van der Waals surface area contributed by atoms with Gasteiger partial charge in [0.25, 0.3) is 5.56 Å². The van der Waals surface area contributed by atoms with Crippen LogP contribution in [0.1, 0.15) is 25.3 Å². The number of esters is 1. The van der Waals surface area contributed by atoms with Crippen LogP contribution in [0.5, 0.6) is 0 Å². The summed E-state index contributed by atoms with van der Waals surface area (Å²) in [5.74, 6) is -0.854. The van der Waals surface area contributed by atoms with Crippen molar-refractivity contribution >= 4 is 34.5 Å². The van der Waals surface area contributed by atoms with Crippen molar-refractivity contribution in [3.8, 4) is 6.07 Å². The minimum absolute atomic E-state index is 0.0953. The van der Waals surface area contributed by atoms with Crippen LogP contribution in [0.4, 0.5) is 5.69 Å². The first kappa shape index (κ1) is 22.4. The second kappa shape index (κ2) is 10.7. The van der Waals surface area contributed by atoms with Crippen LogP contribution >= 0.6 is 0 Å². The van der Waals surface area contributed by atoms with Gasteiger partial charge in [0.05, 0.1) is 23.8 Å². The largest absolute Gasteiger partial charge is 0.462 e. The van der Waals surface area contributed by atoms with Crippen molar-refractivity contribution in [2.45, 2.75) is 26.3 Å². The lowest BCUT2D eigenvalue weighted by atomic mass is 10.1. The van der Waals surface area contributed by atoms with E-state index in [1.165, 1.54) is 17.0 Å². The summed E-state index contributed by atoms with van der Waals surface area (Å²) in [5.41, 5.74) is 1.65. The van der Waals surface area contributed by atoms with Gasteiger partial charge in [-0.05, 0) is 49.2 Å². The smallest absolute Gasteiger partial charge is 0.348 e. The lowest BCUT2D eigenvalue weighted by Crippen LogP contribution is -2.21. The highest BCUT2D eigenvalue weighted by molar-refractivity contribution is 5.98. The van der Waals surface area contributed by atoms with E-state index in [1.54, 1.807) is 49.4 Å². The van der Waals surface area contributed by atoms with E-state index in [0.717, 1.165) is 0 Å². The predicted molar refractivity (Wildman–Crippen MR) is 121 cm³/mol. The average molecular weight is 430 g/mol. The number of rotatable bonds is 8. The van der Waals surface area contributed by atoms with Gasteiger partial charge in [0, 0.05) is 18.7 Å². The summed E-state index contributed by atoms with van der Waals surface area (Å²) in [4.78, 5) is 40.7. The molecule has 0 spiro atoms. The number of nitrogens with one attached hydrogen (secondary N) is 1. The molecule has 1 amide bonds. The second-order valence-corrected chi connectivity index (χ2v) is 6.92. The van der Waals surface area contributed by atoms with Gasteiger partial charge in [-0.2, -0.15) is 5.26 Å². The maximum Gasteiger partial charge on any atom is 0.348 e. The van der Waals surface area contributed by atoms with Gasteiger partial charge >= 0.3 is 5.97 Å². The minimum Gasteiger partial charge on any atom is -0.462 e. The molecule has 0 bridgehead atoms. The molecule has 0 fully saturated rings. The Bertz CT molecular complexity index is 1250. The maximum absolute atomic E-state index is 12.5. The fourth-order valence-electron chi connectivity index (χ4n) is 3.07. The van der Waals surface area contributed by atoms with E-state index in [9.17, 15) is 14.4 Å². The lowest BCUT2D eigenvalue weighted by Gasteiger charge is -2.08. The summed E-state index contributed by atoms with van der Waals surface area (Å²) in [6.45, 7) is 2.24. The van der Waals surface area contributed by atoms with Crippen molar-refractivity contribution in [3.05, 3.63) is 76.3 Å². The second-order valence-electron chi connectivity index (χ2n) is 6.92. The van der Waals surface area contributed by atoms with Gasteiger partial charge in [0.2, 0.25) is 5.91 Å². The molecule has 0 aliphatic heterocycles. The van der Waals surface area contributed by atoms with Crippen LogP contribution in [0, 0.1) is 11.3 Å². The van der Waals surface area contributed by atoms with Gasteiger partial charge < -0.3 is 10.1 Å². The Hall–Kier alpha value is -4.25. The maximum atomic E-state index is 12.5. The SMILES string of the molecule is CCOC(=O)/C(C#N)=C\c1ccc(NC(=O)CCCn2cnc3ccccc3c2=O)cc1. The zero-order valence-electron chi connectivity index (χ0n) is 17.6. The third-order valence-corrected chi connectivity index (χ3v) is 4.66. The molecule has 0 aliphatic carbocycles. The van der Waals surface area contributed by atoms with E-state index in [2.05, 4.69) is 10.3 Å². The third kappa shape index (κ3) is 5.67. The van der Waals surface area contributed by atoms with Gasteiger partial charge in [-0.3, -0.25) is 14.2 Å². The molecule has 0 atom stereocenters. The van der Waals surface area contributed by atoms with Crippen LogP contribution in [-0.4, -0.2) is 28.0 Å². The Kier molecular flexibility index (Phi) is 7.49. The number of aryl methyl sites for hydroxylation is 1. The molecule has 0 unspecified atom stereocenters. The van der Waals surface area contributed by atoms with Gasteiger partial charge in [0.1, 0.15) is 11.6 Å². The van der Waals surface area contributed by atoms with Crippen molar-refractivity contribution in [3.63, 3.8) is 0 Å². The highest BCUT2D eigenvalue weighted by Gasteiger charge is 2.10. The number of aromatic nitrogens is 2. The number of hydrogen-bond acceptors (Lipinski definition) is 6. The van der Waals surface area contributed by atoms with Crippen LogP contribution < -0.4 is 10.9 Å². The van der Waals surface area contributed by atoms with Gasteiger partial charge in [-0.25, -0.2) is 9.78 Å². The minimum atomic E-state index is -0.673. The summed E-state index contributed by atoms with van der Waals surface area (Å²) in [6, 6.07) is 15.7. The highest BCUT2D eigenvalue weighted by atomic mass is 16.5. The molecular formula is C24H22N4O4. The zero-order valence-corrected chi connectivity index (χ0v) is 17.6. The molecule has 3 aromatic rings. The molecular weight excluding hydrogens is 408 g/mol. The molecule has 1 N–H and O–H groups in total. The molecule has 0 radical (unpaired) electrons. The standard InChI is InChI=1S/C24H22N4O4/c1-2-32-24(31)18(15-25)14-17-9-11-19(12-10-17)27-22(29)8-5-13-28-16-26-21-7-4-3-6-20(21)23(28)30/h3-4,6-7,9-12,14,16H,2,5,8,13H2,1H3,(H,27,29)/b18-14-. The molecule has 0 saturated carbocycles. The highest BCUT2D eigenvalue weighted by Crippen LogP contribution is 2.14. The van der Waals surface area contributed by atoms with Gasteiger partial charge in [0.15, 0.2) is 0 Å². The molecule has 1 aromatic heterocycles. The number of nitriles is 1. The first-order chi connectivity index (χ1) is 15.5. The number of benzene rings is 2. The quantitative estimate of drug-likeness (QED) is 0.333. The summed E-state index contributed by atoms with van der Waals surface area (Å²) in [5, 5.41) is 12.4. The number of ether oxygens (including phenoxy) is 1. The van der Waals surface area contributed by atoms with E-state index < -0.39 is 5.97 Å². The number of hydrogen-bond donors (Lipinski definition) is 1. The molecule has 1 heterocycles. The average Bonchev–Trinajstić information content (AvgIpc) is 2.80. The van der Waals surface area contributed by atoms with Crippen molar-refractivity contribution in [1.82, 2.24) is 9.55 Å². The first-order valence-corrected chi connectivity index (χ1v) is 10.1. The Labute approximate surface area is 184 Å². The molecule has 162 valence electrons. The number of amides is 1. The summed E-state index contributed by atoms with van der Waals surface area (Å²) in [6.07, 6.45) is 3.65. The molecule has 3 rings (SSSR count). The van der Waals surface area contributed by atoms with E-state index in [1.807, 2.05) is 12.1 Å². The number of para-hydroxylation sites is 1. The molecule has 8 nitrogen and oxygen atoms in total. The van der Waals surface area contributed by atoms with Crippen LogP contribution in [-0.2, 0) is 20.9 Å². The van der Waals surface area contributed by atoms with Crippen LogP contribution in [0.2, 0.25) is 0 Å². The number of anilines is 1. The van der Waals surface area contributed by atoms with E-state index in [0.29, 0.717) is 35.1 Å². The fourth-order valence-corrected chi connectivity index (χ4v) is 3.07. The molecule has 8 heteroatoms. The van der Waals surface area contributed by atoms with E-state index in [4.69, 9.17) is 10.00 Å². The third-order valence-electron chi connectivity index (χ3n) is 4.66. The summed E-state index contributed by atoms with van der Waals surface area (Å²) in [7, 11) is 0. The van der Waals surface area contributed by atoms with Crippen LogP contribution in [0.15, 0.2) is 65.2 Å². The Morgan fingerprint density at radius 2 is 1.94 bits per heavy atom. The lowest BCUT2D eigenvalue weighted by molar-refractivity contribution is -0.137. The Morgan fingerprint density at radius 3 is 2.66 bits per heavy atom. The van der Waals surface area contributed by atoms with Crippen molar-refractivity contribution < 1.29 is 14.3 Å². The summed E-state index contributed by atoms with van der Waals surface area (Å²) < 4.78 is 6.34. The number of fused-ring (bicyclic) bond motifs is 1. The Balaban J connectivity index is 1.54. The Morgan fingerprint density at radius 1 is 1.19 bits per heavy atom. The predicted octanol–water partition coefficient (Wildman–Crippen LogP) is 3.29.